The van der Waals surface area contributed by atoms with Gasteiger partial charge < -0.3 is 14.2 Å². The number of imidazole rings is 1. The Morgan fingerprint density at radius 3 is 2.50 bits per heavy atom. The number of hydrogen-bond donors (Lipinski definition) is 0. The van der Waals surface area contributed by atoms with Crippen molar-refractivity contribution >= 4 is 5.91 Å². The molecule has 1 aliphatic rings. The average Bonchev–Trinajstić information content (AvgIpc) is 3.00. The normalized spacial score (nSPS) is 21.8. The van der Waals surface area contributed by atoms with Crippen LogP contribution in [0, 0.1) is 5.41 Å². The van der Waals surface area contributed by atoms with Gasteiger partial charge in [0.15, 0.2) is 0 Å². The van der Waals surface area contributed by atoms with E-state index in [0.29, 0.717) is 18.8 Å². The van der Waals surface area contributed by atoms with Crippen LogP contribution in [0.5, 0.6) is 0 Å². The molecule has 5 heteroatoms. The predicted octanol–water partition coefficient (Wildman–Crippen LogP) is 3.05. The van der Waals surface area contributed by atoms with Crippen molar-refractivity contribution in [3.63, 3.8) is 0 Å². The predicted molar refractivity (Wildman–Crippen MR) is 92.6 cm³/mol. The quantitative estimate of drug-likeness (QED) is 0.852. The van der Waals surface area contributed by atoms with E-state index in [2.05, 4.69) is 37.9 Å². The summed E-state index contributed by atoms with van der Waals surface area (Å²) in [4.78, 5) is 18.9. The first-order chi connectivity index (χ1) is 11.4. The molecule has 1 saturated heterocycles. The number of carbonyl (C=O) groups excluding carboxylic acids is 1. The van der Waals surface area contributed by atoms with Gasteiger partial charge in [0.1, 0.15) is 11.8 Å². The SMILES string of the molecule is Cn1cncc1C(=O)N1C[C@@H](c2ccccc2)O[C@@H](C(C)(C)C)C1. The molecule has 1 aromatic carbocycles. The number of hydrogen-bond acceptors (Lipinski definition) is 3. The summed E-state index contributed by atoms with van der Waals surface area (Å²) >= 11 is 0. The fraction of sp³-hybridized carbons (Fsp3) is 0.474. The van der Waals surface area contributed by atoms with Crippen molar-refractivity contribution < 1.29 is 9.53 Å². The smallest absolute Gasteiger partial charge is 0.272 e. The Labute approximate surface area is 143 Å². The molecule has 0 unspecified atom stereocenters. The molecule has 1 amide bonds. The number of aryl methyl sites for hydroxylation is 1. The van der Waals surface area contributed by atoms with Crippen molar-refractivity contribution in [3.8, 4) is 0 Å². The molecule has 0 N–H and O–H groups in total. The van der Waals surface area contributed by atoms with Crippen LogP contribution in [0.2, 0.25) is 0 Å². The van der Waals surface area contributed by atoms with Gasteiger partial charge in [-0.25, -0.2) is 4.98 Å². The Bertz CT molecular complexity index is 703. The molecule has 2 atom stereocenters. The van der Waals surface area contributed by atoms with Crippen LogP contribution in [0.15, 0.2) is 42.9 Å². The Hall–Kier alpha value is -2.14. The minimum Gasteiger partial charge on any atom is -0.366 e. The van der Waals surface area contributed by atoms with Gasteiger partial charge in [-0.15, -0.1) is 0 Å². The van der Waals surface area contributed by atoms with E-state index in [1.165, 1.54) is 0 Å². The summed E-state index contributed by atoms with van der Waals surface area (Å²) < 4.78 is 8.11. The molecule has 5 nitrogen and oxygen atoms in total. The fourth-order valence-electron chi connectivity index (χ4n) is 2.98. The summed E-state index contributed by atoms with van der Waals surface area (Å²) in [6.45, 7) is 7.60. The van der Waals surface area contributed by atoms with E-state index < -0.39 is 0 Å². The molecule has 1 aliphatic heterocycles. The standard InChI is InChI=1S/C19H25N3O2/c1-19(2,3)17-12-22(18(23)15-10-20-13-21(15)4)11-16(24-17)14-8-6-5-7-9-14/h5-10,13,16-17H,11-12H2,1-4H3/t16-,17+/m0/s1. The Balaban J connectivity index is 1.88. The molecule has 1 aromatic heterocycles. The maximum Gasteiger partial charge on any atom is 0.272 e. The molecule has 3 rings (SSSR count). The molecule has 2 aromatic rings. The zero-order valence-electron chi connectivity index (χ0n) is 14.8. The van der Waals surface area contributed by atoms with Crippen molar-refractivity contribution in [2.45, 2.75) is 33.0 Å². The van der Waals surface area contributed by atoms with Crippen LogP contribution < -0.4 is 0 Å². The minimum atomic E-state index is -0.110. The molecule has 1 fully saturated rings. The molecular weight excluding hydrogens is 302 g/mol. The third-order valence-electron chi connectivity index (χ3n) is 4.56. The second kappa shape index (κ2) is 6.40. The summed E-state index contributed by atoms with van der Waals surface area (Å²) in [6.07, 6.45) is 3.15. The van der Waals surface area contributed by atoms with Crippen LogP contribution in [-0.4, -0.2) is 39.6 Å². The van der Waals surface area contributed by atoms with Crippen LogP contribution >= 0.6 is 0 Å². The van der Waals surface area contributed by atoms with Crippen molar-refractivity contribution in [2.24, 2.45) is 12.5 Å². The largest absolute Gasteiger partial charge is 0.366 e. The molecule has 0 radical (unpaired) electrons. The van der Waals surface area contributed by atoms with Gasteiger partial charge in [0.05, 0.1) is 25.2 Å². The van der Waals surface area contributed by atoms with Crippen LogP contribution in [0.1, 0.15) is 42.9 Å². The number of aromatic nitrogens is 2. The van der Waals surface area contributed by atoms with E-state index in [9.17, 15) is 4.79 Å². The van der Waals surface area contributed by atoms with Crippen molar-refractivity contribution in [2.75, 3.05) is 13.1 Å². The van der Waals surface area contributed by atoms with E-state index in [0.717, 1.165) is 5.56 Å². The molecule has 0 spiro atoms. The maximum absolute atomic E-state index is 12.9. The summed E-state index contributed by atoms with van der Waals surface area (Å²) in [5.74, 6) is 0.00785. The Morgan fingerprint density at radius 2 is 1.92 bits per heavy atom. The maximum atomic E-state index is 12.9. The van der Waals surface area contributed by atoms with Crippen LogP contribution in [0.3, 0.4) is 0 Å². The second-order valence-electron chi connectivity index (χ2n) is 7.49. The molecule has 24 heavy (non-hydrogen) atoms. The van der Waals surface area contributed by atoms with Crippen LogP contribution in [0.25, 0.3) is 0 Å². The van der Waals surface area contributed by atoms with Crippen molar-refractivity contribution in [1.82, 2.24) is 14.5 Å². The summed E-state index contributed by atoms with van der Waals surface area (Å²) in [7, 11) is 1.84. The molecule has 2 heterocycles. The number of ether oxygens (including phenoxy) is 1. The number of benzene rings is 1. The lowest BCUT2D eigenvalue weighted by Gasteiger charge is -2.43. The average molecular weight is 327 g/mol. The highest BCUT2D eigenvalue weighted by atomic mass is 16.5. The number of rotatable bonds is 2. The Morgan fingerprint density at radius 1 is 1.21 bits per heavy atom. The van der Waals surface area contributed by atoms with Gasteiger partial charge in [0.2, 0.25) is 0 Å². The number of carbonyl (C=O) groups is 1. The fourth-order valence-corrected chi connectivity index (χ4v) is 2.98. The Kier molecular flexibility index (Phi) is 4.45. The lowest BCUT2D eigenvalue weighted by Crippen LogP contribution is -2.51. The highest BCUT2D eigenvalue weighted by molar-refractivity contribution is 5.92. The van der Waals surface area contributed by atoms with Crippen LogP contribution in [0.4, 0.5) is 0 Å². The number of nitrogens with zero attached hydrogens (tertiary/aromatic N) is 3. The third kappa shape index (κ3) is 3.36. The number of amides is 1. The van der Waals surface area contributed by atoms with Gasteiger partial charge in [0.25, 0.3) is 5.91 Å². The van der Waals surface area contributed by atoms with Crippen LogP contribution in [-0.2, 0) is 11.8 Å². The molecule has 0 aliphatic carbocycles. The highest BCUT2D eigenvalue weighted by Gasteiger charge is 2.38. The first kappa shape index (κ1) is 16.7. The van der Waals surface area contributed by atoms with E-state index in [4.69, 9.17) is 4.74 Å². The van der Waals surface area contributed by atoms with E-state index in [1.807, 2.05) is 30.1 Å². The van der Waals surface area contributed by atoms with E-state index >= 15 is 0 Å². The minimum absolute atomic E-state index is 0.00785. The molecule has 128 valence electrons. The van der Waals surface area contributed by atoms with Gasteiger partial charge in [-0.05, 0) is 11.0 Å². The zero-order chi connectivity index (χ0) is 17.3. The van der Waals surface area contributed by atoms with Gasteiger partial charge in [-0.1, -0.05) is 51.1 Å². The van der Waals surface area contributed by atoms with E-state index in [-0.39, 0.29) is 23.5 Å². The lowest BCUT2D eigenvalue weighted by molar-refractivity contribution is -0.119. The zero-order valence-corrected chi connectivity index (χ0v) is 14.8. The lowest BCUT2D eigenvalue weighted by atomic mass is 9.87. The van der Waals surface area contributed by atoms with Gasteiger partial charge >= 0.3 is 0 Å². The van der Waals surface area contributed by atoms with E-state index in [1.54, 1.807) is 17.1 Å². The highest BCUT2D eigenvalue weighted by Crippen LogP contribution is 2.33. The third-order valence-corrected chi connectivity index (χ3v) is 4.56. The summed E-state index contributed by atoms with van der Waals surface area (Å²) in [5, 5.41) is 0. The number of morpholine rings is 1. The first-order valence-corrected chi connectivity index (χ1v) is 8.32. The van der Waals surface area contributed by atoms with Crippen molar-refractivity contribution in [1.29, 1.82) is 0 Å². The molecule has 0 bridgehead atoms. The van der Waals surface area contributed by atoms with Gasteiger partial charge in [-0.3, -0.25) is 4.79 Å². The monoisotopic (exact) mass is 327 g/mol. The summed E-state index contributed by atoms with van der Waals surface area (Å²) in [5.41, 5.74) is 1.67. The van der Waals surface area contributed by atoms with Crippen molar-refractivity contribution in [3.05, 3.63) is 54.1 Å². The molecule has 0 saturated carbocycles. The van der Waals surface area contributed by atoms with Gasteiger partial charge in [0, 0.05) is 13.6 Å². The topological polar surface area (TPSA) is 47.4 Å². The summed E-state index contributed by atoms with van der Waals surface area (Å²) in [6, 6.07) is 10.1. The first-order valence-electron chi connectivity index (χ1n) is 8.32. The second-order valence-corrected chi connectivity index (χ2v) is 7.49. The molecular formula is C19H25N3O2. The van der Waals surface area contributed by atoms with Gasteiger partial charge in [-0.2, -0.15) is 0 Å².